The van der Waals surface area contributed by atoms with Gasteiger partial charge in [-0.25, -0.2) is 0 Å². The van der Waals surface area contributed by atoms with Crippen LogP contribution in [0.25, 0.3) is 0 Å². The predicted molar refractivity (Wildman–Crippen MR) is 113 cm³/mol. The number of benzene rings is 2. The summed E-state index contributed by atoms with van der Waals surface area (Å²) in [7, 11) is 1.67. The first-order valence-corrected chi connectivity index (χ1v) is 10.1. The van der Waals surface area contributed by atoms with Crippen molar-refractivity contribution in [2.24, 2.45) is 5.92 Å². The van der Waals surface area contributed by atoms with E-state index in [9.17, 15) is 4.79 Å². The highest BCUT2D eigenvalue weighted by Crippen LogP contribution is 2.50. The Balaban J connectivity index is 1.59. The van der Waals surface area contributed by atoms with Gasteiger partial charge in [0.1, 0.15) is 0 Å². The van der Waals surface area contributed by atoms with Crippen LogP contribution in [-0.2, 0) is 4.74 Å². The summed E-state index contributed by atoms with van der Waals surface area (Å²) in [5.41, 5.74) is 5.78. The van der Waals surface area contributed by atoms with Crippen molar-refractivity contribution in [2.75, 3.05) is 25.6 Å². The molecule has 1 aliphatic heterocycles. The zero-order valence-electron chi connectivity index (χ0n) is 16.6. The van der Waals surface area contributed by atoms with Crippen LogP contribution in [-0.4, -0.2) is 26.2 Å². The fourth-order valence-electron chi connectivity index (χ4n) is 4.50. The minimum Gasteiger partial charge on any atom is -0.385 e. The van der Waals surface area contributed by atoms with Gasteiger partial charge >= 0.3 is 0 Å². The van der Waals surface area contributed by atoms with E-state index in [4.69, 9.17) is 4.74 Å². The molecule has 2 N–H and O–H groups in total. The summed E-state index contributed by atoms with van der Waals surface area (Å²) < 4.78 is 5.04. The summed E-state index contributed by atoms with van der Waals surface area (Å²) in [5.74, 6) is 0.814. The largest absolute Gasteiger partial charge is 0.385 e. The highest BCUT2D eigenvalue weighted by Gasteiger charge is 2.38. The number of carbonyl (C=O) groups is 1. The number of ether oxygens (including phenoxy) is 1. The van der Waals surface area contributed by atoms with Gasteiger partial charge in [0.15, 0.2) is 0 Å². The molecule has 1 amide bonds. The Labute approximate surface area is 167 Å². The number of allylic oxidation sites excluding steroid dienone is 2. The Kier molecular flexibility index (Phi) is 5.49. The summed E-state index contributed by atoms with van der Waals surface area (Å²) in [4.78, 5) is 12.5. The molecule has 3 atom stereocenters. The highest BCUT2D eigenvalue weighted by atomic mass is 16.5. The molecule has 2 aromatic carbocycles. The van der Waals surface area contributed by atoms with Gasteiger partial charge in [-0.2, -0.15) is 0 Å². The quantitative estimate of drug-likeness (QED) is 0.573. The lowest BCUT2D eigenvalue weighted by Gasteiger charge is -2.38. The lowest BCUT2D eigenvalue weighted by Crippen LogP contribution is -2.30. The molecular weight excluding hydrogens is 348 g/mol. The van der Waals surface area contributed by atoms with Gasteiger partial charge in [-0.1, -0.05) is 36.4 Å². The van der Waals surface area contributed by atoms with E-state index in [1.165, 1.54) is 16.7 Å². The van der Waals surface area contributed by atoms with Crippen LogP contribution in [0.1, 0.15) is 51.8 Å². The van der Waals surface area contributed by atoms with E-state index >= 15 is 0 Å². The van der Waals surface area contributed by atoms with Crippen molar-refractivity contribution in [2.45, 2.75) is 31.7 Å². The van der Waals surface area contributed by atoms with Crippen LogP contribution in [0.5, 0.6) is 0 Å². The van der Waals surface area contributed by atoms with Crippen molar-refractivity contribution in [1.82, 2.24) is 5.32 Å². The highest BCUT2D eigenvalue weighted by molar-refractivity contribution is 5.95. The minimum absolute atomic E-state index is 0.0153. The maximum absolute atomic E-state index is 12.5. The van der Waals surface area contributed by atoms with Gasteiger partial charge in [0.25, 0.3) is 5.91 Å². The first-order valence-electron chi connectivity index (χ1n) is 10.1. The van der Waals surface area contributed by atoms with Gasteiger partial charge < -0.3 is 15.4 Å². The number of nitrogens with one attached hydrogen (secondary N) is 2. The van der Waals surface area contributed by atoms with Crippen LogP contribution in [0.4, 0.5) is 5.69 Å². The van der Waals surface area contributed by atoms with Crippen LogP contribution in [0.15, 0.2) is 54.6 Å². The fourth-order valence-corrected chi connectivity index (χ4v) is 4.50. The smallest absolute Gasteiger partial charge is 0.251 e. The number of hydrogen-bond donors (Lipinski definition) is 2. The Morgan fingerprint density at radius 2 is 2.07 bits per heavy atom. The van der Waals surface area contributed by atoms with Crippen molar-refractivity contribution in [3.63, 3.8) is 0 Å². The second-order valence-electron chi connectivity index (χ2n) is 7.74. The van der Waals surface area contributed by atoms with Gasteiger partial charge in [0.2, 0.25) is 0 Å². The van der Waals surface area contributed by atoms with Gasteiger partial charge in [-0.15, -0.1) is 0 Å². The maximum atomic E-state index is 12.5. The van der Waals surface area contributed by atoms with Gasteiger partial charge in [0, 0.05) is 37.4 Å². The summed E-state index contributed by atoms with van der Waals surface area (Å²) in [5, 5.41) is 6.75. The third-order valence-corrected chi connectivity index (χ3v) is 5.96. The lowest BCUT2D eigenvalue weighted by atomic mass is 9.76. The lowest BCUT2D eigenvalue weighted by molar-refractivity contribution is 0.0948. The molecule has 28 heavy (non-hydrogen) atoms. The molecule has 0 saturated carbocycles. The Morgan fingerprint density at radius 3 is 2.89 bits per heavy atom. The van der Waals surface area contributed by atoms with Gasteiger partial charge in [-0.3, -0.25) is 4.79 Å². The number of carbonyl (C=O) groups excluding carboxylic acids is 1. The van der Waals surface area contributed by atoms with E-state index in [2.05, 4.69) is 66.1 Å². The van der Waals surface area contributed by atoms with Crippen molar-refractivity contribution in [3.8, 4) is 0 Å². The van der Waals surface area contributed by atoms with Crippen LogP contribution < -0.4 is 10.6 Å². The molecule has 0 spiro atoms. The first-order chi connectivity index (χ1) is 13.7. The zero-order valence-corrected chi connectivity index (χ0v) is 16.6. The van der Waals surface area contributed by atoms with Crippen LogP contribution in [0.2, 0.25) is 0 Å². The van der Waals surface area contributed by atoms with E-state index in [0.29, 0.717) is 31.0 Å². The first kappa shape index (κ1) is 18.8. The van der Waals surface area contributed by atoms with Gasteiger partial charge in [-0.05, 0) is 60.6 Å². The van der Waals surface area contributed by atoms with Crippen molar-refractivity contribution in [3.05, 3.63) is 76.9 Å². The van der Waals surface area contributed by atoms with Crippen molar-refractivity contribution >= 4 is 11.6 Å². The van der Waals surface area contributed by atoms with E-state index in [0.717, 1.165) is 24.1 Å². The van der Waals surface area contributed by atoms with Crippen molar-refractivity contribution in [1.29, 1.82) is 0 Å². The topological polar surface area (TPSA) is 50.4 Å². The van der Waals surface area contributed by atoms with Crippen molar-refractivity contribution < 1.29 is 9.53 Å². The molecule has 2 aromatic rings. The molecule has 0 aromatic heterocycles. The van der Waals surface area contributed by atoms with E-state index in [1.807, 2.05) is 6.07 Å². The summed E-state index contributed by atoms with van der Waals surface area (Å²) in [6, 6.07) is 15.0. The average molecular weight is 377 g/mol. The van der Waals surface area contributed by atoms with E-state index in [-0.39, 0.29) is 5.91 Å². The van der Waals surface area contributed by atoms with Crippen LogP contribution in [0.3, 0.4) is 0 Å². The van der Waals surface area contributed by atoms with E-state index in [1.54, 1.807) is 7.11 Å². The van der Waals surface area contributed by atoms with Crippen LogP contribution >= 0.6 is 0 Å². The molecular formula is C24H28N2O2. The molecule has 4 nitrogen and oxygen atoms in total. The van der Waals surface area contributed by atoms with E-state index < -0.39 is 0 Å². The SMILES string of the molecule is COCCCNC(=O)c1ccc2c(c1)C1C=CCC1C(c1ccccc1C)N2. The number of rotatable bonds is 6. The number of hydrogen-bond acceptors (Lipinski definition) is 3. The number of fused-ring (bicyclic) bond motifs is 3. The minimum atomic E-state index is -0.0153. The molecule has 4 heteroatoms. The van der Waals surface area contributed by atoms with Gasteiger partial charge in [0.05, 0.1) is 6.04 Å². The second kappa shape index (κ2) is 8.19. The molecule has 146 valence electrons. The molecule has 3 unspecified atom stereocenters. The molecule has 0 radical (unpaired) electrons. The van der Waals surface area contributed by atoms with Crippen LogP contribution in [0, 0.1) is 12.8 Å². The maximum Gasteiger partial charge on any atom is 0.251 e. The number of methoxy groups -OCH3 is 1. The Morgan fingerprint density at radius 1 is 1.21 bits per heavy atom. The summed E-state index contributed by atoms with van der Waals surface area (Å²) in [6.07, 6.45) is 6.48. The Hall–Kier alpha value is -2.59. The normalized spacial score (nSPS) is 22.3. The number of anilines is 1. The monoisotopic (exact) mass is 376 g/mol. The standard InChI is InChI=1S/C24H28N2O2/c1-16-7-3-4-8-18(16)23-20-10-5-9-19(20)21-15-17(11-12-22(21)26-23)24(27)25-13-6-14-28-2/h3-5,7-9,11-12,15,19-20,23,26H,6,10,13-14H2,1-2H3,(H,25,27). The molecule has 1 aliphatic carbocycles. The molecule has 4 rings (SSSR count). The number of aryl methyl sites for hydroxylation is 1. The fraction of sp³-hybridized carbons (Fsp3) is 0.375. The zero-order chi connectivity index (χ0) is 19.5. The Bertz CT molecular complexity index is 890. The average Bonchev–Trinajstić information content (AvgIpc) is 3.21. The third-order valence-electron chi connectivity index (χ3n) is 5.96. The molecule has 2 aliphatic rings. The summed E-state index contributed by atoms with van der Waals surface area (Å²) in [6.45, 7) is 3.47. The predicted octanol–water partition coefficient (Wildman–Crippen LogP) is 4.59. The molecule has 1 heterocycles. The number of amides is 1. The third kappa shape index (κ3) is 3.57. The second-order valence-corrected chi connectivity index (χ2v) is 7.74. The summed E-state index contributed by atoms with van der Waals surface area (Å²) >= 11 is 0. The molecule has 0 saturated heterocycles. The molecule has 0 bridgehead atoms. The molecule has 0 fully saturated rings.